The molecular weight excluding hydrogens is 416 g/mol. The summed E-state index contributed by atoms with van der Waals surface area (Å²) in [6, 6.07) is 5.90. The Bertz CT molecular complexity index is 737. The molecule has 32 heavy (non-hydrogen) atoms. The summed E-state index contributed by atoms with van der Waals surface area (Å²) in [6.07, 6.45) is 3.07. The number of aromatic nitrogens is 1. The first-order valence-corrected chi connectivity index (χ1v) is 11.1. The number of carboxylic acid groups (broad SMARTS) is 1. The fraction of sp³-hybridized carbons (Fsp3) is 0.682. The monoisotopic (exact) mass is 450 g/mol. The summed E-state index contributed by atoms with van der Waals surface area (Å²) in [7, 11) is 0. The second-order valence-corrected chi connectivity index (χ2v) is 8.70. The summed E-state index contributed by atoms with van der Waals surface area (Å²) < 4.78 is 11.5. The van der Waals surface area contributed by atoms with Gasteiger partial charge in [0, 0.05) is 39.0 Å². The topological polar surface area (TPSA) is 124 Å². The Morgan fingerprint density at radius 3 is 2.53 bits per heavy atom. The lowest BCUT2D eigenvalue weighted by Crippen LogP contribution is -2.69. The van der Waals surface area contributed by atoms with Gasteiger partial charge in [-0.2, -0.15) is 0 Å². The van der Waals surface area contributed by atoms with Crippen molar-refractivity contribution in [2.45, 2.75) is 43.4 Å². The highest BCUT2D eigenvalue weighted by molar-refractivity contribution is 5.79. The Kier molecular flexibility index (Phi) is 8.41. The lowest BCUT2D eigenvalue weighted by atomic mass is 9.73. The fourth-order valence-electron chi connectivity index (χ4n) is 4.79. The van der Waals surface area contributed by atoms with Gasteiger partial charge < -0.3 is 29.9 Å². The van der Waals surface area contributed by atoms with Crippen molar-refractivity contribution in [1.82, 2.24) is 15.2 Å². The number of piperidine rings is 1. The zero-order valence-corrected chi connectivity index (χ0v) is 18.6. The normalized spacial score (nSPS) is 27.8. The zero-order valence-electron chi connectivity index (χ0n) is 18.6. The summed E-state index contributed by atoms with van der Waals surface area (Å²) in [5, 5.41) is 21.3. The summed E-state index contributed by atoms with van der Waals surface area (Å²) in [4.78, 5) is 29.8. The van der Waals surface area contributed by atoms with Crippen LogP contribution in [0.2, 0.25) is 0 Å². The third kappa shape index (κ3) is 5.74. The van der Waals surface area contributed by atoms with E-state index < -0.39 is 17.2 Å². The number of hydrogen-bond donors (Lipinski definition) is 3. The minimum absolute atomic E-state index is 0.0450. The summed E-state index contributed by atoms with van der Waals surface area (Å²) in [5.74, 6) is 0.908. The molecule has 10 nitrogen and oxygen atoms in total. The number of nitrogens with one attached hydrogen (secondary N) is 1. The van der Waals surface area contributed by atoms with E-state index >= 15 is 0 Å². The minimum atomic E-state index is -0.747. The van der Waals surface area contributed by atoms with E-state index in [2.05, 4.69) is 20.1 Å². The lowest BCUT2D eigenvalue weighted by molar-refractivity contribution is -0.198. The number of nitrogens with zero attached hydrogens (tertiary/aromatic N) is 3. The maximum absolute atomic E-state index is 12.7. The van der Waals surface area contributed by atoms with E-state index in [1.54, 1.807) is 6.20 Å². The molecule has 3 aliphatic heterocycles. The molecule has 3 N–H and O–H groups in total. The van der Waals surface area contributed by atoms with Crippen molar-refractivity contribution in [3.05, 3.63) is 24.4 Å². The van der Waals surface area contributed by atoms with Crippen LogP contribution in [0.5, 0.6) is 0 Å². The number of aliphatic hydroxyl groups is 1. The molecular formula is C22H34N4O6. The van der Waals surface area contributed by atoms with Gasteiger partial charge in [-0.15, -0.1) is 0 Å². The number of carbonyl (C=O) groups is 2. The summed E-state index contributed by atoms with van der Waals surface area (Å²) in [5.41, 5.74) is -1.31. The maximum atomic E-state index is 12.7. The number of morpholine rings is 1. The Balaban J connectivity index is 0.000000913. The zero-order chi connectivity index (χ0) is 23.0. The van der Waals surface area contributed by atoms with E-state index in [4.69, 9.17) is 19.4 Å². The SMILES string of the molecule is C[C@]1(NC(=O)CN2CCOCC2)CCOC2(CCN(c3ccccn3)CC2)[C@@H]1O.O=CO. The number of anilines is 1. The molecule has 4 heterocycles. The van der Waals surface area contributed by atoms with E-state index in [1.165, 1.54) is 0 Å². The van der Waals surface area contributed by atoms with Gasteiger partial charge in [-0.25, -0.2) is 4.98 Å². The molecule has 1 amide bonds. The lowest BCUT2D eigenvalue weighted by Gasteiger charge is -2.53. The largest absolute Gasteiger partial charge is 0.483 e. The van der Waals surface area contributed by atoms with Gasteiger partial charge in [0.1, 0.15) is 11.9 Å². The smallest absolute Gasteiger partial charge is 0.290 e. The average Bonchev–Trinajstić information content (AvgIpc) is 2.80. The van der Waals surface area contributed by atoms with Crippen molar-refractivity contribution in [2.24, 2.45) is 0 Å². The highest BCUT2D eigenvalue weighted by Crippen LogP contribution is 2.40. The third-order valence-electron chi connectivity index (χ3n) is 6.59. The van der Waals surface area contributed by atoms with E-state index in [1.807, 2.05) is 25.1 Å². The van der Waals surface area contributed by atoms with Crippen LogP contribution in [0.15, 0.2) is 24.4 Å². The van der Waals surface area contributed by atoms with Crippen LogP contribution in [0.4, 0.5) is 5.82 Å². The highest BCUT2D eigenvalue weighted by Gasteiger charge is 2.53. The molecule has 1 aromatic rings. The first-order chi connectivity index (χ1) is 15.4. The van der Waals surface area contributed by atoms with Gasteiger partial charge >= 0.3 is 0 Å². The standard InChI is InChI=1S/C21H32N4O4.CH2O2/c1-20(23-18(26)16-24-11-14-28-15-12-24)7-13-29-21(19(20)27)5-9-25(10-6-21)17-4-2-3-8-22-17;2-1-3/h2-4,8,19,27H,5-7,9-16H2,1H3,(H,23,26);1H,(H,2,3)/t19-,20+;/m1./s1. The molecule has 1 aromatic heterocycles. The van der Waals surface area contributed by atoms with Crippen molar-refractivity contribution in [3.63, 3.8) is 0 Å². The van der Waals surface area contributed by atoms with Crippen LogP contribution in [0.1, 0.15) is 26.2 Å². The number of pyridine rings is 1. The molecule has 4 rings (SSSR count). The number of ether oxygens (including phenoxy) is 2. The van der Waals surface area contributed by atoms with Crippen LogP contribution < -0.4 is 10.2 Å². The molecule has 2 atom stereocenters. The molecule has 10 heteroatoms. The molecule has 1 spiro atoms. The van der Waals surface area contributed by atoms with Crippen LogP contribution in [0.3, 0.4) is 0 Å². The van der Waals surface area contributed by atoms with Crippen LogP contribution in [-0.4, -0.2) is 102 Å². The number of aliphatic hydroxyl groups excluding tert-OH is 1. The van der Waals surface area contributed by atoms with Gasteiger partial charge in [-0.3, -0.25) is 14.5 Å². The molecule has 178 valence electrons. The first kappa shape index (κ1) is 24.4. The van der Waals surface area contributed by atoms with Gasteiger partial charge in [0.05, 0.1) is 30.9 Å². The molecule has 3 aliphatic rings. The van der Waals surface area contributed by atoms with Crippen molar-refractivity contribution in [2.75, 3.05) is 57.4 Å². The Morgan fingerprint density at radius 1 is 1.22 bits per heavy atom. The molecule has 0 bridgehead atoms. The molecule has 0 saturated carbocycles. The van der Waals surface area contributed by atoms with Gasteiger partial charge in [-0.05, 0) is 38.3 Å². The van der Waals surface area contributed by atoms with Crippen molar-refractivity contribution in [3.8, 4) is 0 Å². The van der Waals surface area contributed by atoms with E-state index in [9.17, 15) is 9.90 Å². The van der Waals surface area contributed by atoms with Gasteiger partial charge in [0.2, 0.25) is 5.91 Å². The first-order valence-electron chi connectivity index (χ1n) is 11.1. The Labute approximate surface area is 188 Å². The molecule has 0 unspecified atom stereocenters. The average molecular weight is 451 g/mol. The number of amides is 1. The number of carbonyl (C=O) groups excluding carboxylic acids is 1. The van der Waals surface area contributed by atoms with E-state index in [0.29, 0.717) is 45.6 Å². The quantitative estimate of drug-likeness (QED) is 0.548. The molecule has 3 fully saturated rings. The maximum Gasteiger partial charge on any atom is 0.290 e. The van der Waals surface area contributed by atoms with Crippen molar-refractivity contribution < 1.29 is 29.3 Å². The molecule has 3 saturated heterocycles. The second-order valence-electron chi connectivity index (χ2n) is 8.70. The van der Waals surface area contributed by atoms with E-state index in [-0.39, 0.29) is 12.4 Å². The van der Waals surface area contributed by atoms with Crippen molar-refractivity contribution >= 4 is 18.2 Å². The Hall–Kier alpha value is -2.27. The number of hydrogen-bond acceptors (Lipinski definition) is 8. The van der Waals surface area contributed by atoms with Gasteiger partial charge in [0.15, 0.2) is 0 Å². The van der Waals surface area contributed by atoms with Crippen LogP contribution in [0, 0.1) is 0 Å². The highest BCUT2D eigenvalue weighted by atomic mass is 16.5. The van der Waals surface area contributed by atoms with Gasteiger partial charge in [0.25, 0.3) is 6.47 Å². The van der Waals surface area contributed by atoms with Crippen LogP contribution in [0.25, 0.3) is 0 Å². The predicted molar refractivity (Wildman–Crippen MR) is 117 cm³/mol. The van der Waals surface area contributed by atoms with Crippen LogP contribution in [-0.2, 0) is 19.1 Å². The van der Waals surface area contributed by atoms with E-state index in [0.717, 1.165) is 32.0 Å². The summed E-state index contributed by atoms with van der Waals surface area (Å²) >= 11 is 0. The third-order valence-corrected chi connectivity index (χ3v) is 6.59. The molecule has 0 radical (unpaired) electrons. The Morgan fingerprint density at radius 2 is 1.91 bits per heavy atom. The molecule has 0 aromatic carbocycles. The number of rotatable bonds is 4. The minimum Gasteiger partial charge on any atom is -0.483 e. The van der Waals surface area contributed by atoms with Gasteiger partial charge in [-0.1, -0.05) is 6.07 Å². The molecule has 0 aliphatic carbocycles. The summed E-state index contributed by atoms with van der Waals surface area (Å²) in [6.45, 7) is 6.98. The second kappa shape index (κ2) is 11.0. The van der Waals surface area contributed by atoms with Crippen LogP contribution >= 0.6 is 0 Å². The van der Waals surface area contributed by atoms with Crippen molar-refractivity contribution in [1.29, 1.82) is 0 Å². The fourth-order valence-corrected chi connectivity index (χ4v) is 4.79. The predicted octanol–water partition coefficient (Wildman–Crippen LogP) is 0.110.